The molecule has 0 saturated carbocycles. The molecule has 0 bridgehead atoms. The number of rotatable bonds is 3. The van der Waals surface area contributed by atoms with Crippen molar-refractivity contribution in [3.8, 4) is 0 Å². The van der Waals surface area contributed by atoms with Gasteiger partial charge in [0.15, 0.2) is 0 Å². The molecule has 0 radical (unpaired) electrons. The first-order chi connectivity index (χ1) is 7.29. The largest absolute Gasteiger partial charge is 0.387 e. The number of aliphatic hydroxyl groups excluding tert-OH is 1. The van der Waals surface area contributed by atoms with Crippen LogP contribution in [0.25, 0.3) is 0 Å². The van der Waals surface area contributed by atoms with Gasteiger partial charge >= 0.3 is 0 Å². The van der Waals surface area contributed by atoms with Crippen molar-refractivity contribution >= 4 is 5.69 Å². The van der Waals surface area contributed by atoms with E-state index in [0.29, 0.717) is 5.69 Å². The average Bonchev–Trinajstić information content (AvgIpc) is 2.15. The molecule has 1 atom stereocenters. The van der Waals surface area contributed by atoms with E-state index < -0.39 is 6.10 Å². The van der Waals surface area contributed by atoms with E-state index in [0.717, 1.165) is 12.2 Å². The minimum Gasteiger partial charge on any atom is -0.387 e. The maximum Gasteiger partial charge on any atom is 0.0931 e. The van der Waals surface area contributed by atoms with Crippen LogP contribution < -0.4 is 4.90 Å². The summed E-state index contributed by atoms with van der Waals surface area (Å²) in [5.74, 6) is 0. The van der Waals surface area contributed by atoms with Gasteiger partial charge in [-0.25, -0.2) is 0 Å². The second-order valence-electron chi connectivity index (χ2n) is 5.53. The van der Waals surface area contributed by atoms with E-state index in [1.54, 1.807) is 6.92 Å². The standard InChI is InChI=1S/C13H22N2O/c1-10(16)12-7-6-11(8-14-12)15(5)9-13(2,3)4/h6-8,10,16H,9H2,1-5H3. The lowest BCUT2D eigenvalue weighted by molar-refractivity contribution is 0.194. The van der Waals surface area contributed by atoms with Gasteiger partial charge in [-0.05, 0) is 24.5 Å². The Hall–Kier alpha value is -1.09. The zero-order valence-corrected chi connectivity index (χ0v) is 10.9. The molecule has 1 heterocycles. The highest BCUT2D eigenvalue weighted by Crippen LogP contribution is 2.20. The van der Waals surface area contributed by atoms with Crippen molar-refractivity contribution in [3.05, 3.63) is 24.0 Å². The lowest BCUT2D eigenvalue weighted by Crippen LogP contribution is -2.29. The van der Waals surface area contributed by atoms with E-state index in [1.807, 2.05) is 18.3 Å². The second kappa shape index (κ2) is 4.83. The van der Waals surface area contributed by atoms with Crippen LogP contribution in [0.4, 0.5) is 5.69 Å². The molecule has 90 valence electrons. The highest BCUT2D eigenvalue weighted by Gasteiger charge is 2.14. The Morgan fingerprint density at radius 1 is 1.38 bits per heavy atom. The van der Waals surface area contributed by atoms with Crippen molar-refractivity contribution in [2.45, 2.75) is 33.8 Å². The number of anilines is 1. The molecular weight excluding hydrogens is 200 g/mol. The molecule has 0 aliphatic rings. The summed E-state index contributed by atoms with van der Waals surface area (Å²) in [7, 11) is 2.06. The van der Waals surface area contributed by atoms with E-state index in [4.69, 9.17) is 0 Å². The molecule has 1 N–H and O–H groups in total. The number of hydrogen-bond donors (Lipinski definition) is 1. The molecule has 1 rings (SSSR count). The quantitative estimate of drug-likeness (QED) is 0.854. The van der Waals surface area contributed by atoms with E-state index in [-0.39, 0.29) is 5.41 Å². The zero-order chi connectivity index (χ0) is 12.3. The first-order valence-corrected chi connectivity index (χ1v) is 5.65. The van der Waals surface area contributed by atoms with Crippen LogP contribution >= 0.6 is 0 Å². The summed E-state index contributed by atoms with van der Waals surface area (Å²) in [6.45, 7) is 9.33. The molecule has 0 aliphatic carbocycles. The molecule has 0 amide bonds. The van der Waals surface area contributed by atoms with Gasteiger partial charge in [-0.2, -0.15) is 0 Å². The molecule has 0 spiro atoms. The van der Waals surface area contributed by atoms with Crippen LogP contribution in [0, 0.1) is 5.41 Å². The Morgan fingerprint density at radius 2 is 2.00 bits per heavy atom. The van der Waals surface area contributed by atoms with E-state index in [2.05, 4.69) is 37.7 Å². The van der Waals surface area contributed by atoms with Gasteiger partial charge < -0.3 is 10.0 Å². The number of aliphatic hydroxyl groups is 1. The smallest absolute Gasteiger partial charge is 0.0931 e. The van der Waals surface area contributed by atoms with Gasteiger partial charge in [-0.3, -0.25) is 4.98 Å². The average molecular weight is 222 g/mol. The van der Waals surface area contributed by atoms with Crippen molar-refractivity contribution in [1.29, 1.82) is 0 Å². The van der Waals surface area contributed by atoms with Gasteiger partial charge in [-0.15, -0.1) is 0 Å². The van der Waals surface area contributed by atoms with Gasteiger partial charge in [0.25, 0.3) is 0 Å². The first kappa shape index (κ1) is 13.0. The molecule has 1 unspecified atom stereocenters. The summed E-state index contributed by atoms with van der Waals surface area (Å²) in [4.78, 5) is 6.42. The third-order valence-corrected chi connectivity index (χ3v) is 2.35. The maximum atomic E-state index is 9.36. The Bertz CT molecular complexity index is 325. The van der Waals surface area contributed by atoms with Gasteiger partial charge in [0.1, 0.15) is 0 Å². The lowest BCUT2D eigenvalue weighted by Gasteiger charge is -2.28. The SMILES string of the molecule is CC(O)c1ccc(N(C)CC(C)(C)C)cn1. The predicted octanol–water partition coefficient (Wildman–Crippen LogP) is 2.62. The van der Waals surface area contributed by atoms with E-state index in [9.17, 15) is 5.11 Å². The molecular formula is C13H22N2O. The molecule has 0 saturated heterocycles. The van der Waals surface area contributed by atoms with Crippen molar-refractivity contribution in [3.63, 3.8) is 0 Å². The highest BCUT2D eigenvalue weighted by molar-refractivity contribution is 5.44. The summed E-state index contributed by atoms with van der Waals surface area (Å²) < 4.78 is 0. The van der Waals surface area contributed by atoms with Crippen molar-refractivity contribution in [2.75, 3.05) is 18.5 Å². The lowest BCUT2D eigenvalue weighted by atomic mass is 9.96. The van der Waals surface area contributed by atoms with E-state index in [1.165, 1.54) is 0 Å². The van der Waals surface area contributed by atoms with Crippen LogP contribution in [0.3, 0.4) is 0 Å². The first-order valence-electron chi connectivity index (χ1n) is 5.65. The summed E-state index contributed by atoms with van der Waals surface area (Å²) >= 11 is 0. The summed E-state index contributed by atoms with van der Waals surface area (Å²) in [5, 5.41) is 9.36. The number of aromatic nitrogens is 1. The monoisotopic (exact) mass is 222 g/mol. The zero-order valence-electron chi connectivity index (χ0n) is 10.9. The fourth-order valence-corrected chi connectivity index (χ4v) is 1.67. The predicted molar refractivity (Wildman–Crippen MR) is 67.6 cm³/mol. The number of nitrogens with zero attached hydrogens (tertiary/aromatic N) is 2. The maximum absolute atomic E-state index is 9.36. The van der Waals surface area contributed by atoms with Crippen LogP contribution in [0.1, 0.15) is 39.5 Å². The molecule has 0 fully saturated rings. The Kier molecular flexibility index (Phi) is 3.92. The van der Waals surface area contributed by atoms with Crippen LogP contribution in [0.5, 0.6) is 0 Å². The molecule has 0 aliphatic heterocycles. The molecule has 1 aromatic rings. The van der Waals surface area contributed by atoms with Crippen LogP contribution in [-0.4, -0.2) is 23.7 Å². The molecule has 0 aromatic carbocycles. The van der Waals surface area contributed by atoms with Gasteiger partial charge in [0.05, 0.1) is 23.7 Å². The fourth-order valence-electron chi connectivity index (χ4n) is 1.67. The Labute approximate surface area is 98.1 Å². The van der Waals surface area contributed by atoms with Gasteiger partial charge in [-0.1, -0.05) is 20.8 Å². The molecule has 1 aromatic heterocycles. The van der Waals surface area contributed by atoms with Gasteiger partial charge in [0.2, 0.25) is 0 Å². The van der Waals surface area contributed by atoms with Gasteiger partial charge in [0, 0.05) is 13.6 Å². The Morgan fingerprint density at radius 3 is 2.38 bits per heavy atom. The van der Waals surface area contributed by atoms with Crippen molar-refractivity contribution in [2.24, 2.45) is 5.41 Å². The number of hydrogen-bond acceptors (Lipinski definition) is 3. The minimum absolute atomic E-state index is 0.262. The van der Waals surface area contributed by atoms with Crippen LogP contribution in [0.2, 0.25) is 0 Å². The minimum atomic E-state index is -0.498. The normalized spacial score (nSPS) is 13.6. The van der Waals surface area contributed by atoms with E-state index >= 15 is 0 Å². The molecule has 3 heteroatoms. The third-order valence-electron chi connectivity index (χ3n) is 2.35. The van der Waals surface area contributed by atoms with Crippen molar-refractivity contribution < 1.29 is 5.11 Å². The third kappa shape index (κ3) is 3.81. The molecule has 16 heavy (non-hydrogen) atoms. The van der Waals surface area contributed by atoms with Crippen molar-refractivity contribution in [1.82, 2.24) is 4.98 Å². The topological polar surface area (TPSA) is 36.4 Å². The fraction of sp³-hybridized carbons (Fsp3) is 0.615. The van der Waals surface area contributed by atoms with Crippen LogP contribution in [0.15, 0.2) is 18.3 Å². The summed E-state index contributed by atoms with van der Waals surface area (Å²) in [5.41, 5.74) is 2.06. The highest BCUT2D eigenvalue weighted by atomic mass is 16.3. The second-order valence-corrected chi connectivity index (χ2v) is 5.53. The summed E-state index contributed by atoms with van der Waals surface area (Å²) in [6, 6.07) is 3.87. The molecule has 3 nitrogen and oxygen atoms in total. The summed E-state index contributed by atoms with van der Waals surface area (Å²) in [6.07, 6.45) is 1.32. The van der Waals surface area contributed by atoms with Crippen LogP contribution in [-0.2, 0) is 0 Å². The Balaban J connectivity index is 2.74. The number of pyridine rings is 1.